The first-order valence-electron chi connectivity index (χ1n) is 4.02. The van der Waals surface area contributed by atoms with Gasteiger partial charge in [0.2, 0.25) is 0 Å². The van der Waals surface area contributed by atoms with E-state index in [1.807, 2.05) is 6.92 Å². The van der Waals surface area contributed by atoms with E-state index in [0.717, 1.165) is 5.69 Å². The van der Waals surface area contributed by atoms with Gasteiger partial charge in [-0.1, -0.05) is 17.7 Å². The summed E-state index contributed by atoms with van der Waals surface area (Å²) in [5.74, 6) is 0. The van der Waals surface area contributed by atoms with Crippen LogP contribution in [0.5, 0.6) is 0 Å². The summed E-state index contributed by atoms with van der Waals surface area (Å²) in [5, 5.41) is 0.241. The quantitative estimate of drug-likeness (QED) is 0.651. The Bertz CT molecular complexity index is 338. The maximum Gasteiger partial charge on any atom is 0.185 e. The second-order valence-corrected chi connectivity index (χ2v) is 3.61. The fourth-order valence-corrected chi connectivity index (χ4v) is 1.66. The van der Waals surface area contributed by atoms with Crippen LogP contribution in [-0.2, 0) is 10.4 Å². The van der Waals surface area contributed by atoms with Crippen molar-refractivity contribution in [2.45, 2.75) is 12.6 Å². The first-order chi connectivity index (χ1) is 6.12. The van der Waals surface area contributed by atoms with Crippen LogP contribution in [0.15, 0.2) is 12.1 Å². The van der Waals surface area contributed by atoms with E-state index < -0.39 is 5.67 Å². The van der Waals surface area contributed by atoms with Gasteiger partial charge in [-0.2, -0.15) is 0 Å². The van der Waals surface area contributed by atoms with Crippen LogP contribution in [0.1, 0.15) is 11.3 Å². The molecule has 1 aliphatic rings. The third-order valence-corrected chi connectivity index (χ3v) is 2.42. The third-order valence-electron chi connectivity index (χ3n) is 2.13. The average molecular weight is 202 g/mol. The van der Waals surface area contributed by atoms with E-state index in [2.05, 4.69) is 4.98 Å². The maximum atomic E-state index is 13.8. The first-order valence-corrected chi connectivity index (χ1v) is 4.40. The Morgan fingerprint density at radius 1 is 1.54 bits per heavy atom. The molecule has 0 atom stereocenters. The van der Waals surface area contributed by atoms with Gasteiger partial charge in [0.05, 0.1) is 13.2 Å². The lowest BCUT2D eigenvalue weighted by Gasteiger charge is -2.34. The lowest BCUT2D eigenvalue weighted by molar-refractivity contribution is -0.135. The highest BCUT2D eigenvalue weighted by Gasteiger charge is 2.42. The lowest BCUT2D eigenvalue weighted by Crippen LogP contribution is -2.42. The molecule has 0 bridgehead atoms. The summed E-state index contributed by atoms with van der Waals surface area (Å²) in [7, 11) is 0. The van der Waals surface area contributed by atoms with Crippen molar-refractivity contribution in [3.63, 3.8) is 0 Å². The standard InChI is InChI=1S/C9H9ClFNO/c1-6-2-3-7(8(10)12-6)9(11)4-13-5-9/h2-3H,4-5H2,1H3. The summed E-state index contributed by atoms with van der Waals surface area (Å²) in [4.78, 5) is 3.99. The molecule has 1 aromatic rings. The van der Waals surface area contributed by atoms with E-state index in [1.54, 1.807) is 12.1 Å². The van der Waals surface area contributed by atoms with E-state index >= 15 is 0 Å². The molecular weight excluding hydrogens is 193 g/mol. The van der Waals surface area contributed by atoms with Crippen molar-refractivity contribution in [1.82, 2.24) is 4.98 Å². The van der Waals surface area contributed by atoms with Gasteiger partial charge in [0, 0.05) is 11.3 Å². The van der Waals surface area contributed by atoms with Crippen LogP contribution < -0.4 is 0 Å². The van der Waals surface area contributed by atoms with Gasteiger partial charge in [-0.05, 0) is 13.0 Å². The zero-order chi connectivity index (χ0) is 9.47. The molecule has 0 aliphatic carbocycles. The Balaban J connectivity index is 2.40. The number of aromatic nitrogens is 1. The summed E-state index contributed by atoms with van der Waals surface area (Å²) >= 11 is 5.82. The smallest absolute Gasteiger partial charge is 0.185 e. The number of aryl methyl sites for hydroxylation is 1. The molecule has 2 rings (SSSR count). The number of halogens is 2. The minimum atomic E-state index is -1.42. The Kier molecular flexibility index (Phi) is 2.00. The Morgan fingerprint density at radius 2 is 2.23 bits per heavy atom. The number of rotatable bonds is 1. The monoisotopic (exact) mass is 201 g/mol. The van der Waals surface area contributed by atoms with Crippen molar-refractivity contribution in [3.05, 3.63) is 28.5 Å². The van der Waals surface area contributed by atoms with E-state index in [1.165, 1.54) is 0 Å². The molecule has 0 N–H and O–H groups in total. The number of pyridine rings is 1. The van der Waals surface area contributed by atoms with E-state index in [0.29, 0.717) is 5.56 Å². The molecule has 70 valence electrons. The lowest BCUT2D eigenvalue weighted by atomic mass is 9.95. The number of hydrogen-bond acceptors (Lipinski definition) is 2. The van der Waals surface area contributed by atoms with E-state index in [-0.39, 0.29) is 18.4 Å². The van der Waals surface area contributed by atoms with Crippen LogP contribution in [0.3, 0.4) is 0 Å². The molecule has 2 nitrogen and oxygen atoms in total. The van der Waals surface area contributed by atoms with Gasteiger partial charge in [-0.25, -0.2) is 9.37 Å². The molecule has 0 amide bonds. The highest BCUT2D eigenvalue weighted by atomic mass is 35.5. The topological polar surface area (TPSA) is 22.1 Å². The molecule has 1 fully saturated rings. The summed E-state index contributed by atoms with van der Waals surface area (Å²) < 4.78 is 18.6. The van der Waals surface area contributed by atoms with Gasteiger partial charge in [0.25, 0.3) is 0 Å². The van der Waals surface area contributed by atoms with Crippen LogP contribution >= 0.6 is 11.6 Å². The van der Waals surface area contributed by atoms with Crippen molar-refractivity contribution >= 4 is 11.6 Å². The molecule has 0 spiro atoms. The minimum absolute atomic E-state index is 0.0808. The van der Waals surface area contributed by atoms with Gasteiger partial charge < -0.3 is 4.74 Å². The first kappa shape index (κ1) is 8.91. The molecule has 0 aromatic carbocycles. The van der Waals surface area contributed by atoms with Gasteiger partial charge >= 0.3 is 0 Å². The minimum Gasteiger partial charge on any atom is -0.374 e. The predicted octanol–water partition coefficient (Wildman–Crippen LogP) is 2.24. The summed E-state index contributed by atoms with van der Waals surface area (Å²) in [5.41, 5.74) is -0.193. The summed E-state index contributed by atoms with van der Waals surface area (Å²) in [6.07, 6.45) is 0. The zero-order valence-corrected chi connectivity index (χ0v) is 7.94. The summed E-state index contributed by atoms with van der Waals surface area (Å²) in [6.45, 7) is 1.98. The molecule has 0 radical (unpaired) electrons. The second-order valence-electron chi connectivity index (χ2n) is 3.25. The molecule has 13 heavy (non-hydrogen) atoms. The van der Waals surface area contributed by atoms with Gasteiger partial charge in [0.15, 0.2) is 5.67 Å². The molecule has 1 saturated heterocycles. The Hall–Kier alpha value is -0.670. The summed E-state index contributed by atoms with van der Waals surface area (Å²) in [6, 6.07) is 3.42. The number of nitrogens with zero attached hydrogens (tertiary/aromatic N) is 1. The van der Waals surface area contributed by atoms with Crippen molar-refractivity contribution in [3.8, 4) is 0 Å². The number of hydrogen-bond donors (Lipinski definition) is 0. The van der Waals surface area contributed by atoms with Crippen LogP contribution in [-0.4, -0.2) is 18.2 Å². The molecule has 1 aromatic heterocycles. The highest BCUT2D eigenvalue weighted by molar-refractivity contribution is 6.30. The van der Waals surface area contributed by atoms with Gasteiger partial charge in [-0.3, -0.25) is 0 Å². The van der Waals surface area contributed by atoms with Crippen molar-refractivity contribution in [2.75, 3.05) is 13.2 Å². The zero-order valence-electron chi connectivity index (χ0n) is 7.18. The highest BCUT2D eigenvalue weighted by Crippen LogP contribution is 2.36. The maximum absolute atomic E-state index is 13.8. The molecular formula is C9H9ClFNO. The van der Waals surface area contributed by atoms with E-state index in [4.69, 9.17) is 16.3 Å². The van der Waals surface area contributed by atoms with Crippen molar-refractivity contribution < 1.29 is 9.13 Å². The SMILES string of the molecule is Cc1ccc(C2(F)COC2)c(Cl)n1. The fourth-order valence-electron chi connectivity index (χ4n) is 1.30. The van der Waals surface area contributed by atoms with Gasteiger partial charge in [0.1, 0.15) is 5.15 Å². The Morgan fingerprint density at radius 3 is 2.69 bits per heavy atom. The third kappa shape index (κ3) is 1.42. The largest absolute Gasteiger partial charge is 0.374 e. The molecule has 1 aliphatic heterocycles. The average Bonchev–Trinajstić information content (AvgIpc) is 2.00. The molecule has 2 heterocycles. The van der Waals surface area contributed by atoms with Crippen molar-refractivity contribution in [2.24, 2.45) is 0 Å². The number of alkyl halides is 1. The van der Waals surface area contributed by atoms with Gasteiger partial charge in [-0.15, -0.1) is 0 Å². The van der Waals surface area contributed by atoms with E-state index in [9.17, 15) is 4.39 Å². The van der Waals surface area contributed by atoms with Crippen LogP contribution in [0.2, 0.25) is 5.15 Å². The second kappa shape index (κ2) is 2.93. The fraction of sp³-hybridized carbons (Fsp3) is 0.444. The predicted molar refractivity (Wildman–Crippen MR) is 47.6 cm³/mol. The molecule has 4 heteroatoms. The normalized spacial score (nSPS) is 19.6. The number of ether oxygens (including phenoxy) is 1. The molecule has 0 saturated carbocycles. The van der Waals surface area contributed by atoms with Crippen LogP contribution in [0.25, 0.3) is 0 Å². The van der Waals surface area contributed by atoms with Crippen LogP contribution in [0.4, 0.5) is 4.39 Å². The van der Waals surface area contributed by atoms with Crippen molar-refractivity contribution in [1.29, 1.82) is 0 Å². The molecule has 0 unspecified atom stereocenters. The Labute approximate surface area is 80.7 Å². The van der Waals surface area contributed by atoms with Crippen LogP contribution in [0, 0.1) is 6.92 Å².